The first-order valence-corrected chi connectivity index (χ1v) is 6.69. The Kier molecular flexibility index (Phi) is 4.07. The van der Waals surface area contributed by atoms with Crippen molar-refractivity contribution in [2.45, 2.75) is 6.04 Å². The molecule has 88 valence electrons. The van der Waals surface area contributed by atoms with Crippen molar-refractivity contribution in [3.8, 4) is 0 Å². The third-order valence-electron chi connectivity index (χ3n) is 2.76. The number of nitrogens with zero attached hydrogens (tertiary/aromatic N) is 1. The van der Waals surface area contributed by atoms with Crippen LogP contribution in [-0.4, -0.2) is 37.7 Å². The van der Waals surface area contributed by atoms with Gasteiger partial charge in [0.1, 0.15) is 5.82 Å². The number of hydrogen-bond acceptors (Lipinski definition) is 3. The molecule has 0 spiro atoms. The molecule has 1 aromatic carbocycles. The SMILES string of the molecule is CN(CC1CSCCN1)c1ccccc1F. The summed E-state index contributed by atoms with van der Waals surface area (Å²) < 4.78 is 13.5. The normalized spacial score (nSPS) is 20.8. The van der Waals surface area contributed by atoms with Crippen LogP contribution in [0.2, 0.25) is 0 Å². The quantitative estimate of drug-likeness (QED) is 0.869. The van der Waals surface area contributed by atoms with Crippen LogP contribution in [0.4, 0.5) is 10.1 Å². The lowest BCUT2D eigenvalue weighted by Gasteiger charge is -2.29. The van der Waals surface area contributed by atoms with E-state index in [1.54, 1.807) is 6.07 Å². The van der Waals surface area contributed by atoms with E-state index in [0.717, 1.165) is 18.8 Å². The summed E-state index contributed by atoms with van der Waals surface area (Å²) in [5.74, 6) is 2.15. The van der Waals surface area contributed by atoms with Gasteiger partial charge in [-0.15, -0.1) is 0 Å². The largest absolute Gasteiger partial charge is 0.371 e. The molecule has 1 unspecified atom stereocenters. The molecule has 2 rings (SSSR count). The highest BCUT2D eigenvalue weighted by Crippen LogP contribution is 2.18. The van der Waals surface area contributed by atoms with E-state index in [2.05, 4.69) is 5.32 Å². The first kappa shape index (κ1) is 11.7. The number of benzene rings is 1. The summed E-state index contributed by atoms with van der Waals surface area (Å²) in [6.07, 6.45) is 0. The van der Waals surface area contributed by atoms with E-state index in [9.17, 15) is 4.39 Å². The second kappa shape index (κ2) is 5.55. The van der Waals surface area contributed by atoms with E-state index in [4.69, 9.17) is 0 Å². The first-order chi connectivity index (χ1) is 7.77. The fourth-order valence-corrected chi connectivity index (χ4v) is 2.86. The molecule has 2 nitrogen and oxygen atoms in total. The van der Waals surface area contributed by atoms with Crippen LogP contribution in [0.15, 0.2) is 24.3 Å². The van der Waals surface area contributed by atoms with Gasteiger partial charge >= 0.3 is 0 Å². The fraction of sp³-hybridized carbons (Fsp3) is 0.500. The van der Waals surface area contributed by atoms with E-state index >= 15 is 0 Å². The molecular weight excluding hydrogens is 223 g/mol. The van der Waals surface area contributed by atoms with Gasteiger partial charge in [0.05, 0.1) is 5.69 Å². The maximum Gasteiger partial charge on any atom is 0.146 e. The van der Waals surface area contributed by atoms with E-state index < -0.39 is 0 Å². The lowest BCUT2D eigenvalue weighted by Crippen LogP contribution is -2.45. The van der Waals surface area contributed by atoms with Gasteiger partial charge in [0.15, 0.2) is 0 Å². The lowest BCUT2D eigenvalue weighted by atomic mass is 10.2. The van der Waals surface area contributed by atoms with Crippen LogP contribution >= 0.6 is 11.8 Å². The first-order valence-electron chi connectivity index (χ1n) is 5.54. The van der Waals surface area contributed by atoms with Gasteiger partial charge in [-0.25, -0.2) is 4.39 Å². The van der Waals surface area contributed by atoms with Crippen molar-refractivity contribution >= 4 is 17.4 Å². The number of thioether (sulfide) groups is 1. The highest BCUT2D eigenvalue weighted by molar-refractivity contribution is 7.99. The zero-order chi connectivity index (χ0) is 11.4. The Labute approximate surface area is 100 Å². The van der Waals surface area contributed by atoms with Gasteiger partial charge in [-0.05, 0) is 12.1 Å². The third-order valence-corrected chi connectivity index (χ3v) is 3.89. The number of likely N-dealkylation sites (N-methyl/N-ethyl adjacent to an activating group) is 1. The van der Waals surface area contributed by atoms with Crippen LogP contribution in [0.1, 0.15) is 0 Å². The Morgan fingerprint density at radius 1 is 1.50 bits per heavy atom. The van der Waals surface area contributed by atoms with Crippen LogP contribution in [0.3, 0.4) is 0 Å². The molecule has 1 aliphatic rings. The molecule has 1 saturated heterocycles. The molecule has 16 heavy (non-hydrogen) atoms. The smallest absolute Gasteiger partial charge is 0.146 e. The highest BCUT2D eigenvalue weighted by Gasteiger charge is 2.16. The van der Waals surface area contributed by atoms with E-state index in [-0.39, 0.29) is 5.82 Å². The Bertz CT molecular complexity index is 340. The molecular formula is C12H17FN2S. The predicted octanol–water partition coefficient (Wildman–Crippen LogP) is 1.97. The van der Waals surface area contributed by atoms with E-state index in [0.29, 0.717) is 11.7 Å². The van der Waals surface area contributed by atoms with Crippen LogP contribution in [0, 0.1) is 5.82 Å². The van der Waals surface area contributed by atoms with Crippen LogP contribution in [0.25, 0.3) is 0 Å². The molecule has 0 aliphatic carbocycles. The summed E-state index contributed by atoms with van der Waals surface area (Å²) in [4.78, 5) is 1.98. The maximum atomic E-state index is 13.5. The zero-order valence-corrected chi connectivity index (χ0v) is 10.3. The molecule has 1 N–H and O–H groups in total. The standard InChI is InChI=1S/C12H17FN2S/c1-15(8-10-9-16-7-6-14-10)12-5-3-2-4-11(12)13/h2-5,10,14H,6-9H2,1H3. The van der Waals surface area contributed by atoms with Gasteiger partial charge in [0, 0.05) is 37.7 Å². The molecule has 0 bridgehead atoms. The average molecular weight is 240 g/mol. The molecule has 0 amide bonds. The van der Waals surface area contributed by atoms with Crippen LogP contribution in [0.5, 0.6) is 0 Å². The van der Waals surface area contributed by atoms with Crippen LogP contribution < -0.4 is 10.2 Å². The number of nitrogens with one attached hydrogen (secondary N) is 1. The summed E-state index contributed by atoms with van der Waals surface area (Å²) >= 11 is 1.96. The molecule has 1 aliphatic heterocycles. The molecule has 0 saturated carbocycles. The fourth-order valence-electron chi connectivity index (χ4n) is 1.93. The minimum absolute atomic E-state index is 0.145. The Hall–Kier alpha value is -0.740. The number of para-hydroxylation sites is 1. The molecule has 1 fully saturated rings. The molecule has 0 aromatic heterocycles. The number of hydrogen-bond donors (Lipinski definition) is 1. The third kappa shape index (κ3) is 2.89. The maximum absolute atomic E-state index is 13.5. The van der Waals surface area contributed by atoms with Crippen molar-refractivity contribution in [1.29, 1.82) is 0 Å². The lowest BCUT2D eigenvalue weighted by molar-refractivity contribution is 0.555. The topological polar surface area (TPSA) is 15.3 Å². The van der Waals surface area contributed by atoms with Gasteiger partial charge in [-0.2, -0.15) is 11.8 Å². The number of anilines is 1. The van der Waals surface area contributed by atoms with Crippen molar-refractivity contribution in [3.05, 3.63) is 30.1 Å². The summed E-state index contributed by atoms with van der Waals surface area (Å²) in [5, 5.41) is 3.45. The van der Waals surface area contributed by atoms with Crippen molar-refractivity contribution < 1.29 is 4.39 Å². The minimum Gasteiger partial charge on any atom is -0.371 e. The van der Waals surface area contributed by atoms with Crippen molar-refractivity contribution in [3.63, 3.8) is 0 Å². The Morgan fingerprint density at radius 2 is 2.31 bits per heavy atom. The monoisotopic (exact) mass is 240 g/mol. The van der Waals surface area contributed by atoms with E-state index in [1.807, 2.05) is 35.8 Å². The molecule has 0 radical (unpaired) electrons. The van der Waals surface area contributed by atoms with Gasteiger partial charge in [-0.1, -0.05) is 12.1 Å². The highest BCUT2D eigenvalue weighted by atomic mass is 32.2. The summed E-state index contributed by atoms with van der Waals surface area (Å²) in [6, 6.07) is 7.39. The molecule has 1 aromatic rings. The minimum atomic E-state index is -0.145. The van der Waals surface area contributed by atoms with Gasteiger partial charge in [0.25, 0.3) is 0 Å². The molecule has 1 heterocycles. The van der Waals surface area contributed by atoms with Gasteiger partial charge in [0.2, 0.25) is 0 Å². The van der Waals surface area contributed by atoms with Crippen molar-refractivity contribution in [2.24, 2.45) is 0 Å². The van der Waals surface area contributed by atoms with Gasteiger partial charge in [-0.3, -0.25) is 0 Å². The van der Waals surface area contributed by atoms with Gasteiger partial charge < -0.3 is 10.2 Å². The summed E-state index contributed by atoms with van der Waals surface area (Å²) in [7, 11) is 1.94. The van der Waals surface area contributed by atoms with Crippen molar-refractivity contribution in [2.75, 3.05) is 36.5 Å². The Morgan fingerprint density at radius 3 is 3.00 bits per heavy atom. The second-order valence-corrected chi connectivity index (χ2v) is 5.21. The average Bonchev–Trinajstić information content (AvgIpc) is 2.31. The zero-order valence-electron chi connectivity index (χ0n) is 9.45. The molecule has 1 atom stereocenters. The summed E-state index contributed by atoms with van der Waals surface area (Å²) in [5.41, 5.74) is 0.680. The molecule has 4 heteroatoms. The van der Waals surface area contributed by atoms with Crippen molar-refractivity contribution in [1.82, 2.24) is 5.32 Å². The number of halogens is 1. The van der Waals surface area contributed by atoms with E-state index in [1.165, 1.54) is 11.8 Å². The number of rotatable bonds is 3. The van der Waals surface area contributed by atoms with Crippen LogP contribution in [-0.2, 0) is 0 Å². The Balaban J connectivity index is 1.96. The summed E-state index contributed by atoms with van der Waals surface area (Å²) in [6.45, 7) is 1.91. The second-order valence-electron chi connectivity index (χ2n) is 4.06. The predicted molar refractivity (Wildman–Crippen MR) is 68.8 cm³/mol.